The van der Waals surface area contributed by atoms with E-state index in [1.165, 1.54) is 28.0 Å². The van der Waals surface area contributed by atoms with E-state index in [9.17, 15) is 33.6 Å². The summed E-state index contributed by atoms with van der Waals surface area (Å²) < 4.78 is 5.99. The number of nitrogens with zero attached hydrogens (tertiary/aromatic N) is 3. The fraction of sp³-hybridized carbons (Fsp3) is 0.652. The molecule has 17 nitrogen and oxygen atoms in total. The second kappa shape index (κ2) is 25.9. The molecule has 0 radical (unpaired) electrons. The van der Waals surface area contributed by atoms with Crippen LogP contribution in [-0.4, -0.2) is 130 Å². The fourth-order valence-corrected chi connectivity index (χ4v) is 9.98. The quantitative estimate of drug-likeness (QED) is 0.0505. The first-order chi connectivity index (χ1) is 30.9. The molecular formula is C46H71N9O8S2. The van der Waals surface area contributed by atoms with Gasteiger partial charge in [0.15, 0.2) is 5.13 Å². The number of imide groups is 1. The molecule has 1 aliphatic heterocycles. The van der Waals surface area contributed by atoms with Gasteiger partial charge in [0.2, 0.25) is 29.5 Å². The molecule has 1 fully saturated rings. The molecule has 2 atom stereocenters. The number of anilines is 1. The molecule has 2 aliphatic rings. The largest absolute Gasteiger partial charge is 0.375 e. The average Bonchev–Trinajstić information content (AvgIpc) is 3.76. The van der Waals surface area contributed by atoms with Crippen LogP contribution in [0, 0.1) is 0 Å². The van der Waals surface area contributed by atoms with E-state index in [0.717, 1.165) is 74.2 Å². The van der Waals surface area contributed by atoms with Gasteiger partial charge >= 0.3 is 0 Å². The summed E-state index contributed by atoms with van der Waals surface area (Å²) >= 11 is 2.99. The summed E-state index contributed by atoms with van der Waals surface area (Å²) in [4.78, 5) is 97.3. The number of hydrogen-bond acceptors (Lipinski definition) is 13. The van der Waals surface area contributed by atoms with Crippen LogP contribution in [0.2, 0.25) is 0 Å². The van der Waals surface area contributed by atoms with Crippen LogP contribution in [0.15, 0.2) is 24.3 Å². The van der Waals surface area contributed by atoms with Gasteiger partial charge in [0.05, 0.1) is 34.2 Å². The normalized spacial score (nSPS) is 16.3. The first kappa shape index (κ1) is 53.0. The minimum Gasteiger partial charge on any atom is -0.375 e. The van der Waals surface area contributed by atoms with Crippen LogP contribution in [0.25, 0.3) is 0 Å². The molecule has 4 rings (SSSR count). The van der Waals surface area contributed by atoms with Crippen LogP contribution in [0.5, 0.6) is 0 Å². The fourth-order valence-electron chi connectivity index (χ4n) is 7.85. The maximum atomic E-state index is 13.9. The molecule has 1 aromatic carbocycles. The molecule has 8 N–H and O–H groups in total. The summed E-state index contributed by atoms with van der Waals surface area (Å²) in [6, 6.07) is 7.04. The van der Waals surface area contributed by atoms with Crippen molar-refractivity contribution in [3.05, 3.63) is 46.0 Å². The number of hydrogen-bond donors (Lipinski definition) is 6. The maximum Gasteiger partial charge on any atom is 0.254 e. The lowest BCUT2D eigenvalue weighted by Gasteiger charge is -2.34. The van der Waals surface area contributed by atoms with E-state index in [-0.39, 0.29) is 73.8 Å². The third-order valence-electron chi connectivity index (χ3n) is 11.5. The van der Waals surface area contributed by atoms with E-state index in [2.05, 4.69) is 33.2 Å². The van der Waals surface area contributed by atoms with Crippen molar-refractivity contribution in [3.8, 4) is 0 Å². The number of aryl methyl sites for hydroxylation is 1. The van der Waals surface area contributed by atoms with Gasteiger partial charge in [0.25, 0.3) is 11.8 Å². The highest BCUT2D eigenvalue weighted by molar-refractivity contribution is 8.00. The molecule has 7 amide bonds. The predicted molar refractivity (Wildman–Crippen MR) is 254 cm³/mol. The Bertz CT molecular complexity index is 1960. The number of nitrogens with one attached hydrogen (secondary N) is 4. The molecular weight excluding hydrogens is 871 g/mol. The van der Waals surface area contributed by atoms with Gasteiger partial charge in [-0.25, -0.2) is 4.98 Å². The van der Waals surface area contributed by atoms with Gasteiger partial charge in [-0.2, -0.15) is 0 Å². The van der Waals surface area contributed by atoms with Gasteiger partial charge in [-0.3, -0.25) is 38.5 Å². The van der Waals surface area contributed by atoms with E-state index in [1.807, 2.05) is 32.6 Å². The third-order valence-corrected chi connectivity index (χ3v) is 13.8. The van der Waals surface area contributed by atoms with Crippen molar-refractivity contribution in [2.45, 2.75) is 141 Å². The van der Waals surface area contributed by atoms with Crippen LogP contribution in [0.1, 0.15) is 137 Å². The topological polar surface area (TPSA) is 248 Å². The van der Waals surface area contributed by atoms with E-state index in [1.54, 1.807) is 24.3 Å². The lowest BCUT2D eigenvalue weighted by Crippen LogP contribution is -2.46. The number of ether oxygens (including phenoxy) is 1. The molecule has 1 aliphatic carbocycles. The van der Waals surface area contributed by atoms with Gasteiger partial charge in [0.1, 0.15) is 0 Å². The highest BCUT2D eigenvalue weighted by Crippen LogP contribution is 2.32. The number of rotatable bonds is 29. The molecule has 1 aromatic heterocycles. The number of nitrogen functional groups attached to an aromatic ring is 1. The van der Waals surface area contributed by atoms with Crippen molar-refractivity contribution >= 4 is 69.6 Å². The molecule has 0 bridgehead atoms. The Morgan fingerprint density at radius 2 is 1.68 bits per heavy atom. The molecule has 1 saturated heterocycles. The highest BCUT2D eigenvalue weighted by Gasteiger charge is 2.39. The number of aromatic nitrogens is 1. The summed E-state index contributed by atoms with van der Waals surface area (Å²) in [7, 11) is 0. The number of nitrogens with two attached hydrogens (primary N) is 2. The summed E-state index contributed by atoms with van der Waals surface area (Å²) in [6.07, 6.45) is 8.23. The number of benzene rings is 1. The molecule has 2 heterocycles. The molecule has 19 heteroatoms. The number of carbonyl (C=O) groups excluding carboxylic acids is 7. The highest BCUT2D eigenvalue weighted by atomic mass is 32.2. The Morgan fingerprint density at radius 3 is 2.42 bits per heavy atom. The maximum absolute atomic E-state index is 13.9. The van der Waals surface area contributed by atoms with Crippen LogP contribution in [0.4, 0.5) is 5.13 Å². The van der Waals surface area contributed by atoms with Crippen LogP contribution >= 0.6 is 23.1 Å². The SMILES string of the molecule is CCCN(C(=O)c1ccccc1C(=O)NCCNCCCCCCSC1CC(=O)N(CCC(=O)NC(C)(C)CCOC(C)(C)CCC(=O)NCC(N)=O)C1=O)C1CCc2nc(N)sc2C1. The number of fused-ring (bicyclic) bond motifs is 1. The van der Waals surface area contributed by atoms with E-state index in [0.29, 0.717) is 55.3 Å². The zero-order valence-electron chi connectivity index (χ0n) is 38.9. The van der Waals surface area contributed by atoms with Crippen LogP contribution < -0.4 is 32.7 Å². The van der Waals surface area contributed by atoms with Crippen molar-refractivity contribution < 1.29 is 38.3 Å². The van der Waals surface area contributed by atoms with Crippen molar-refractivity contribution in [2.24, 2.45) is 5.73 Å². The predicted octanol–water partition coefficient (Wildman–Crippen LogP) is 3.73. The lowest BCUT2D eigenvalue weighted by molar-refractivity contribution is -0.138. The van der Waals surface area contributed by atoms with Gasteiger partial charge in [-0.1, -0.05) is 31.9 Å². The minimum atomic E-state index is -0.609. The monoisotopic (exact) mass is 941 g/mol. The summed E-state index contributed by atoms with van der Waals surface area (Å²) in [5.74, 6) is -1.30. The smallest absolute Gasteiger partial charge is 0.254 e. The average molecular weight is 942 g/mol. The Hall–Kier alpha value is -4.59. The number of unbranched alkanes of at least 4 members (excludes halogenated alkanes) is 3. The Balaban J connectivity index is 1.05. The standard InChI is InChI=1S/C46H71N9O8S2/c1-6-24-54(31-15-16-34-35(28-31)65-44(48)52-34)42(61)33-14-10-9-13-32(33)41(60)50-23-22-49-21-11-7-8-12-27-64-36-29-40(59)55(43(36)62)25-18-39(58)53-45(2,3)20-26-63-46(4,5)19-17-38(57)51-30-37(47)56/h9-10,13-14,31,36,49H,6-8,11-12,15-30H2,1-5H3,(H2,47,56)(H2,48,52)(H,50,60)(H,51,57)(H,53,58). The van der Waals surface area contributed by atoms with Crippen molar-refractivity contribution in [1.29, 1.82) is 0 Å². The zero-order chi connectivity index (χ0) is 47.6. The lowest BCUT2D eigenvalue weighted by atomic mass is 9.94. The first-order valence-corrected chi connectivity index (χ1v) is 24.8. The second-order valence-corrected chi connectivity index (χ2v) is 20.4. The third kappa shape index (κ3) is 17.6. The van der Waals surface area contributed by atoms with E-state index < -0.39 is 22.3 Å². The molecule has 2 unspecified atom stereocenters. The Labute approximate surface area is 392 Å². The van der Waals surface area contributed by atoms with Crippen molar-refractivity contribution in [1.82, 2.24) is 36.1 Å². The number of thioether (sulfide) groups is 1. The van der Waals surface area contributed by atoms with Gasteiger partial charge < -0.3 is 42.4 Å². The van der Waals surface area contributed by atoms with Crippen LogP contribution in [-0.2, 0) is 41.6 Å². The van der Waals surface area contributed by atoms with Gasteiger partial charge in [-0.15, -0.1) is 23.1 Å². The molecule has 65 heavy (non-hydrogen) atoms. The summed E-state index contributed by atoms with van der Waals surface area (Å²) in [6.45, 7) is 12.1. The minimum absolute atomic E-state index is 0.00568. The number of likely N-dealkylation sites (tertiary alicyclic amines) is 1. The molecule has 2 aromatic rings. The molecule has 0 saturated carbocycles. The first-order valence-electron chi connectivity index (χ1n) is 23.0. The number of amides is 7. The Morgan fingerprint density at radius 1 is 0.938 bits per heavy atom. The summed E-state index contributed by atoms with van der Waals surface area (Å²) in [5, 5.41) is 11.9. The van der Waals surface area contributed by atoms with Crippen molar-refractivity contribution in [3.63, 3.8) is 0 Å². The molecule has 0 spiro atoms. The number of primary amides is 1. The molecule has 360 valence electrons. The Kier molecular flexibility index (Phi) is 21.2. The number of carbonyl (C=O) groups is 7. The summed E-state index contributed by atoms with van der Waals surface area (Å²) in [5.41, 5.74) is 11.6. The van der Waals surface area contributed by atoms with Crippen LogP contribution in [0.3, 0.4) is 0 Å². The van der Waals surface area contributed by atoms with Gasteiger partial charge in [-0.05, 0) is 97.1 Å². The number of thiazole rings is 1. The zero-order valence-corrected chi connectivity index (χ0v) is 40.5. The van der Waals surface area contributed by atoms with Gasteiger partial charge in [0, 0.05) is 74.9 Å². The van der Waals surface area contributed by atoms with E-state index >= 15 is 0 Å². The second-order valence-electron chi connectivity index (χ2n) is 18.0. The van der Waals surface area contributed by atoms with E-state index in [4.69, 9.17) is 16.2 Å². The van der Waals surface area contributed by atoms with Crippen molar-refractivity contribution in [2.75, 3.05) is 57.4 Å².